The van der Waals surface area contributed by atoms with Gasteiger partial charge in [0.05, 0.1) is 0 Å². The topological polar surface area (TPSA) is 31.4 Å². The molecule has 0 N–H and O–H groups in total. The molecule has 2 heterocycles. The molecule has 3 rings (SSSR count). The Morgan fingerprint density at radius 2 is 2.05 bits per heavy atom. The maximum atomic E-state index is 5.40. The summed E-state index contributed by atoms with van der Waals surface area (Å²) in [5, 5.41) is 0. The van der Waals surface area contributed by atoms with Crippen LogP contribution in [0.2, 0.25) is 0 Å². The molecule has 19 heavy (non-hydrogen) atoms. The fourth-order valence-corrected chi connectivity index (χ4v) is 2.65. The summed E-state index contributed by atoms with van der Waals surface area (Å²) in [7, 11) is 0. The highest BCUT2D eigenvalue weighted by atomic mass is 79.9. The molecule has 1 unspecified atom stereocenters. The van der Waals surface area contributed by atoms with E-state index in [9.17, 15) is 0 Å². The molecule has 1 aromatic heterocycles. The van der Waals surface area contributed by atoms with E-state index in [1.54, 1.807) is 0 Å². The second-order valence-electron chi connectivity index (χ2n) is 4.61. The number of rotatable bonds is 3. The van der Waals surface area contributed by atoms with Gasteiger partial charge in [0.2, 0.25) is 6.79 Å². The zero-order valence-electron chi connectivity index (χ0n) is 10.6. The molecule has 1 aliphatic rings. The number of halogens is 1. The molecule has 98 valence electrons. The van der Waals surface area contributed by atoms with Crippen LogP contribution in [0.4, 0.5) is 0 Å². The van der Waals surface area contributed by atoms with Gasteiger partial charge >= 0.3 is 0 Å². The van der Waals surface area contributed by atoms with E-state index in [0.717, 1.165) is 23.6 Å². The highest BCUT2D eigenvalue weighted by Crippen LogP contribution is 2.37. The number of nitrogens with zero attached hydrogens (tertiary/aromatic N) is 1. The zero-order valence-corrected chi connectivity index (χ0v) is 12.2. The van der Waals surface area contributed by atoms with Crippen LogP contribution in [-0.2, 0) is 6.42 Å². The molecule has 0 saturated heterocycles. The molecule has 0 fully saturated rings. The Morgan fingerprint density at radius 3 is 2.84 bits per heavy atom. The number of hydrogen-bond donors (Lipinski definition) is 0. The number of aromatic nitrogens is 1. The van der Waals surface area contributed by atoms with E-state index in [2.05, 4.69) is 39.1 Å². The van der Waals surface area contributed by atoms with E-state index in [1.165, 1.54) is 11.1 Å². The fraction of sp³-hybridized carbons (Fsp3) is 0.267. The van der Waals surface area contributed by atoms with Gasteiger partial charge < -0.3 is 9.47 Å². The van der Waals surface area contributed by atoms with Gasteiger partial charge in [-0.05, 0) is 36.2 Å². The molecule has 0 bridgehead atoms. The molecular formula is C15H14BrNO2. The minimum absolute atomic E-state index is 0.220. The van der Waals surface area contributed by atoms with Crippen LogP contribution in [0.1, 0.15) is 21.6 Å². The van der Waals surface area contributed by atoms with Crippen molar-refractivity contribution in [3.8, 4) is 11.5 Å². The van der Waals surface area contributed by atoms with Crippen LogP contribution in [0.15, 0.2) is 36.5 Å². The fourth-order valence-electron chi connectivity index (χ4n) is 2.03. The third kappa shape index (κ3) is 2.73. The summed E-state index contributed by atoms with van der Waals surface area (Å²) in [4.78, 5) is 4.65. The van der Waals surface area contributed by atoms with Crippen molar-refractivity contribution in [2.24, 2.45) is 0 Å². The van der Waals surface area contributed by atoms with Crippen molar-refractivity contribution in [2.45, 2.75) is 18.2 Å². The summed E-state index contributed by atoms with van der Waals surface area (Å²) in [6, 6.07) is 10.2. The number of alkyl halides is 1. The highest BCUT2D eigenvalue weighted by Gasteiger charge is 2.17. The Labute approximate surface area is 120 Å². The highest BCUT2D eigenvalue weighted by molar-refractivity contribution is 9.09. The maximum absolute atomic E-state index is 5.40. The van der Waals surface area contributed by atoms with Gasteiger partial charge in [-0.15, -0.1) is 0 Å². The Hall–Kier alpha value is -1.55. The number of pyridine rings is 1. The van der Waals surface area contributed by atoms with Crippen molar-refractivity contribution >= 4 is 15.9 Å². The maximum Gasteiger partial charge on any atom is 0.231 e. The van der Waals surface area contributed by atoms with E-state index in [-0.39, 0.29) is 4.83 Å². The summed E-state index contributed by atoms with van der Waals surface area (Å²) in [6.07, 6.45) is 2.74. The molecule has 0 spiro atoms. The van der Waals surface area contributed by atoms with E-state index in [1.807, 2.05) is 25.3 Å². The smallest absolute Gasteiger partial charge is 0.231 e. The van der Waals surface area contributed by atoms with E-state index >= 15 is 0 Å². The summed E-state index contributed by atoms with van der Waals surface area (Å²) in [5.74, 6) is 1.63. The summed E-state index contributed by atoms with van der Waals surface area (Å²) in [5.41, 5.74) is 3.43. The van der Waals surface area contributed by atoms with Gasteiger partial charge in [0.15, 0.2) is 11.5 Å². The largest absolute Gasteiger partial charge is 0.454 e. The molecule has 0 amide bonds. The first-order chi connectivity index (χ1) is 9.22. The molecular weight excluding hydrogens is 306 g/mol. The second kappa shape index (κ2) is 5.21. The average molecular weight is 320 g/mol. The zero-order chi connectivity index (χ0) is 13.2. The lowest BCUT2D eigenvalue weighted by Crippen LogP contribution is -1.98. The molecule has 2 aromatic rings. The van der Waals surface area contributed by atoms with Crippen molar-refractivity contribution in [1.29, 1.82) is 0 Å². The van der Waals surface area contributed by atoms with Crippen LogP contribution in [0.5, 0.6) is 11.5 Å². The third-order valence-electron chi connectivity index (χ3n) is 3.12. The lowest BCUT2D eigenvalue weighted by molar-refractivity contribution is 0.174. The first-order valence-corrected chi connectivity index (χ1v) is 7.09. The van der Waals surface area contributed by atoms with Crippen molar-refractivity contribution in [3.63, 3.8) is 0 Å². The van der Waals surface area contributed by atoms with E-state index in [0.29, 0.717) is 6.79 Å². The normalized spacial score (nSPS) is 14.4. The minimum Gasteiger partial charge on any atom is -0.454 e. The number of aryl methyl sites for hydroxylation is 1. The standard InChI is InChI=1S/C15H14BrNO2/c1-10-2-4-12(17-8-10)7-13(16)11-3-5-14-15(6-11)19-9-18-14/h2-6,8,13H,7,9H2,1H3. The van der Waals surface area contributed by atoms with Gasteiger partial charge in [-0.25, -0.2) is 0 Å². The number of fused-ring (bicyclic) bond motifs is 1. The minimum atomic E-state index is 0.220. The van der Waals surface area contributed by atoms with Crippen molar-refractivity contribution < 1.29 is 9.47 Å². The Kier molecular flexibility index (Phi) is 3.42. The van der Waals surface area contributed by atoms with Gasteiger partial charge in [0, 0.05) is 23.1 Å². The number of hydrogen-bond acceptors (Lipinski definition) is 3. The van der Waals surface area contributed by atoms with Crippen molar-refractivity contribution in [2.75, 3.05) is 6.79 Å². The monoisotopic (exact) mass is 319 g/mol. The van der Waals surface area contributed by atoms with E-state index < -0.39 is 0 Å². The first kappa shape index (κ1) is 12.5. The first-order valence-electron chi connectivity index (χ1n) is 6.17. The van der Waals surface area contributed by atoms with Gasteiger partial charge in [-0.2, -0.15) is 0 Å². The molecule has 0 radical (unpaired) electrons. The molecule has 0 aliphatic carbocycles. The number of ether oxygens (including phenoxy) is 2. The van der Waals surface area contributed by atoms with Crippen LogP contribution in [0.3, 0.4) is 0 Å². The predicted molar refractivity (Wildman–Crippen MR) is 76.9 cm³/mol. The van der Waals surface area contributed by atoms with Crippen LogP contribution in [0.25, 0.3) is 0 Å². The lowest BCUT2D eigenvalue weighted by atomic mass is 10.1. The molecule has 1 aromatic carbocycles. The Morgan fingerprint density at radius 1 is 1.21 bits per heavy atom. The quantitative estimate of drug-likeness (QED) is 0.806. The summed E-state index contributed by atoms with van der Waals surface area (Å²) in [6.45, 7) is 2.35. The third-order valence-corrected chi connectivity index (χ3v) is 3.97. The summed E-state index contributed by atoms with van der Waals surface area (Å²) < 4.78 is 10.7. The molecule has 1 atom stereocenters. The van der Waals surface area contributed by atoms with Crippen molar-refractivity contribution in [3.05, 3.63) is 53.3 Å². The predicted octanol–water partition coefficient (Wildman–Crippen LogP) is 3.80. The van der Waals surface area contributed by atoms with Gasteiger partial charge in [-0.3, -0.25) is 4.98 Å². The van der Waals surface area contributed by atoms with Gasteiger partial charge in [0.1, 0.15) is 0 Å². The van der Waals surface area contributed by atoms with Crippen LogP contribution < -0.4 is 9.47 Å². The van der Waals surface area contributed by atoms with Gasteiger partial charge in [0.25, 0.3) is 0 Å². The van der Waals surface area contributed by atoms with Crippen LogP contribution in [0, 0.1) is 6.92 Å². The van der Waals surface area contributed by atoms with Crippen LogP contribution in [-0.4, -0.2) is 11.8 Å². The van der Waals surface area contributed by atoms with Crippen molar-refractivity contribution in [1.82, 2.24) is 4.98 Å². The Bertz CT molecular complexity index is 583. The van der Waals surface area contributed by atoms with E-state index in [4.69, 9.17) is 9.47 Å². The molecule has 0 saturated carbocycles. The van der Waals surface area contributed by atoms with Crippen LogP contribution >= 0.6 is 15.9 Å². The summed E-state index contributed by atoms with van der Waals surface area (Å²) >= 11 is 3.71. The number of benzene rings is 1. The SMILES string of the molecule is Cc1ccc(CC(Br)c2ccc3c(c2)OCO3)nc1. The lowest BCUT2D eigenvalue weighted by Gasteiger charge is -2.10. The average Bonchev–Trinajstić information content (AvgIpc) is 2.88. The molecule has 4 heteroatoms. The molecule has 3 nitrogen and oxygen atoms in total. The molecule has 1 aliphatic heterocycles. The Balaban J connectivity index is 1.76. The van der Waals surface area contributed by atoms with Gasteiger partial charge in [-0.1, -0.05) is 28.1 Å². The second-order valence-corrected chi connectivity index (χ2v) is 5.72.